The first-order chi connectivity index (χ1) is 4.35. The van der Waals surface area contributed by atoms with Crippen LogP contribution in [-0.4, -0.2) is 6.54 Å². The third-order valence-electron chi connectivity index (χ3n) is 1.88. The molecule has 0 aliphatic carbocycles. The molecule has 0 spiro atoms. The summed E-state index contributed by atoms with van der Waals surface area (Å²) in [4.78, 5) is 0. The molecular weight excluding hydrogens is 117 g/mol. The zero-order chi connectivity index (χ0) is 7.11. The fraction of sp³-hybridized carbons (Fsp3) is 1.00. The Labute approximate surface area is 78.4 Å². The van der Waals surface area contributed by atoms with Gasteiger partial charge in [0.05, 0.1) is 0 Å². The molecule has 0 heterocycles. The molecule has 58 valence electrons. The summed E-state index contributed by atoms with van der Waals surface area (Å²) in [5.74, 6) is 0.782. The smallest absolute Gasteiger partial charge is 1.00 e. The van der Waals surface area contributed by atoms with Crippen LogP contribution in [0.3, 0.4) is 0 Å². The molecule has 0 aromatic heterocycles. The van der Waals surface area contributed by atoms with Crippen molar-refractivity contribution in [1.82, 2.24) is 0 Å². The van der Waals surface area contributed by atoms with Crippen LogP contribution in [0.5, 0.6) is 0 Å². The standard InChI is InChI=1S/C8H19N.Li.H/c1-3-5-6-8(4-2)7-9;;/h8H,3-7,9H2,1-2H3;;/q;+1;-1. The van der Waals surface area contributed by atoms with Gasteiger partial charge in [-0.15, -0.1) is 0 Å². The van der Waals surface area contributed by atoms with E-state index in [1.54, 1.807) is 0 Å². The van der Waals surface area contributed by atoms with Crippen molar-refractivity contribution in [3.05, 3.63) is 0 Å². The molecule has 1 nitrogen and oxygen atoms in total. The van der Waals surface area contributed by atoms with Crippen molar-refractivity contribution < 1.29 is 20.3 Å². The van der Waals surface area contributed by atoms with E-state index in [4.69, 9.17) is 5.73 Å². The predicted octanol–water partition coefficient (Wildman–Crippen LogP) is -0.722. The molecule has 0 amide bonds. The zero-order valence-electron chi connectivity index (χ0n) is 8.69. The van der Waals surface area contributed by atoms with Crippen molar-refractivity contribution in [1.29, 1.82) is 0 Å². The Morgan fingerprint density at radius 1 is 1.40 bits per heavy atom. The van der Waals surface area contributed by atoms with Crippen LogP contribution in [0, 0.1) is 5.92 Å². The SMILES string of the molecule is CCCCC(CC)CN.[H-].[Li+]. The van der Waals surface area contributed by atoms with E-state index in [9.17, 15) is 0 Å². The maximum absolute atomic E-state index is 5.52. The van der Waals surface area contributed by atoms with Crippen molar-refractivity contribution in [3.8, 4) is 0 Å². The van der Waals surface area contributed by atoms with E-state index in [-0.39, 0.29) is 20.3 Å². The first kappa shape index (κ1) is 13.2. The monoisotopic (exact) mass is 137 g/mol. The maximum atomic E-state index is 5.52. The van der Waals surface area contributed by atoms with Gasteiger partial charge in [-0.3, -0.25) is 0 Å². The molecule has 0 rings (SSSR count). The summed E-state index contributed by atoms with van der Waals surface area (Å²) >= 11 is 0. The average Bonchev–Trinajstić information content (AvgIpc) is 1.91. The van der Waals surface area contributed by atoms with Gasteiger partial charge < -0.3 is 7.16 Å². The largest absolute Gasteiger partial charge is 1.00 e. The van der Waals surface area contributed by atoms with Crippen molar-refractivity contribution in [2.75, 3.05) is 6.54 Å². The molecule has 0 radical (unpaired) electrons. The van der Waals surface area contributed by atoms with E-state index in [0.717, 1.165) is 12.5 Å². The normalized spacial score (nSPS) is 12.3. The summed E-state index contributed by atoms with van der Waals surface area (Å²) in [6, 6.07) is 0. The van der Waals surface area contributed by atoms with Crippen molar-refractivity contribution in [2.45, 2.75) is 39.5 Å². The van der Waals surface area contributed by atoms with Gasteiger partial charge in [0.25, 0.3) is 0 Å². The fourth-order valence-corrected chi connectivity index (χ4v) is 0.981. The minimum absolute atomic E-state index is 0. The summed E-state index contributed by atoms with van der Waals surface area (Å²) in [6.07, 6.45) is 5.21. The number of rotatable bonds is 5. The Balaban J connectivity index is -0.000000320. The second kappa shape index (κ2) is 9.56. The Hall–Kier alpha value is 0.557. The van der Waals surface area contributed by atoms with Gasteiger partial charge in [-0.2, -0.15) is 0 Å². The van der Waals surface area contributed by atoms with E-state index < -0.39 is 0 Å². The molecule has 0 aliphatic heterocycles. The van der Waals surface area contributed by atoms with Crippen molar-refractivity contribution >= 4 is 0 Å². The molecule has 10 heavy (non-hydrogen) atoms. The molecule has 0 bridgehead atoms. The molecule has 0 fully saturated rings. The molecule has 1 unspecified atom stereocenters. The van der Waals surface area contributed by atoms with Crippen LogP contribution < -0.4 is 24.6 Å². The van der Waals surface area contributed by atoms with Crippen LogP contribution >= 0.6 is 0 Å². The topological polar surface area (TPSA) is 26.0 Å². The molecule has 1 atom stereocenters. The summed E-state index contributed by atoms with van der Waals surface area (Å²) < 4.78 is 0. The van der Waals surface area contributed by atoms with Crippen LogP contribution in [-0.2, 0) is 0 Å². The molecule has 2 N–H and O–H groups in total. The second-order valence-corrected chi connectivity index (χ2v) is 2.65. The minimum atomic E-state index is 0. The summed E-state index contributed by atoms with van der Waals surface area (Å²) in [7, 11) is 0. The first-order valence-corrected chi connectivity index (χ1v) is 4.05. The number of unbranched alkanes of at least 4 members (excludes halogenated alkanes) is 1. The van der Waals surface area contributed by atoms with Crippen LogP contribution in [0.15, 0.2) is 0 Å². The van der Waals surface area contributed by atoms with Gasteiger partial charge in [-0.05, 0) is 18.9 Å². The van der Waals surface area contributed by atoms with Crippen molar-refractivity contribution in [3.63, 3.8) is 0 Å². The molecule has 0 aromatic rings. The van der Waals surface area contributed by atoms with E-state index >= 15 is 0 Å². The van der Waals surface area contributed by atoms with Crippen LogP contribution in [0.2, 0.25) is 0 Å². The van der Waals surface area contributed by atoms with Gasteiger partial charge in [0.1, 0.15) is 0 Å². The van der Waals surface area contributed by atoms with Gasteiger partial charge in [0, 0.05) is 0 Å². The number of hydrogen-bond donors (Lipinski definition) is 1. The third kappa shape index (κ3) is 6.67. The summed E-state index contributed by atoms with van der Waals surface area (Å²) in [5, 5.41) is 0. The zero-order valence-corrected chi connectivity index (χ0v) is 7.69. The molecular formula is C8H20LiN. The summed E-state index contributed by atoms with van der Waals surface area (Å²) in [6.45, 7) is 5.31. The first-order valence-electron chi connectivity index (χ1n) is 4.05. The van der Waals surface area contributed by atoms with E-state index in [2.05, 4.69) is 13.8 Å². The minimum Gasteiger partial charge on any atom is -1.00 e. The van der Waals surface area contributed by atoms with Gasteiger partial charge in [-0.25, -0.2) is 0 Å². The molecule has 0 aromatic carbocycles. The second-order valence-electron chi connectivity index (χ2n) is 2.65. The van der Waals surface area contributed by atoms with E-state index in [1.807, 2.05) is 0 Å². The van der Waals surface area contributed by atoms with Gasteiger partial charge in [-0.1, -0.05) is 33.1 Å². The van der Waals surface area contributed by atoms with Gasteiger partial charge in [0.15, 0.2) is 0 Å². The quantitative estimate of drug-likeness (QED) is 0.497. The van der Waals surface area contributed by atoms with Crippen LogP contribution in [0.4, 0.5) is 0 Å². The maximum Gasteiger partial charge on any atom is 1.00 e. The molecule has 0 saturated carbocycles. The summed E-state index contributed by atoms with van der Waals surface area (Å²) in [5.41, 5.74) is 5.52. The van der Waals surface area contributed by atoms with E-state index in [1.165, 1.54) is 25.7 Å². The van der Waals surface area contributed by atoms with Crippen LogP contribution in [0.25, 0.3) is 0 Å². The Kier molecular flexibility index (Phi) is 12.6. The molecule has 0 aliphatic rings. The Morgan fingerprint density at radius 3 is 2.30 bits per heavy atom. The Bertz CT molecular complexity index is 58.1. The van der Waals surface area contributed by atoms with Crippen molar-refractivity contribution in [2.24, 2.45) is 11.7 Å². The predicted molar refractivity (Wildman–Crippen MR) is 43.5 cm³/mol. The molecule has 2 heteroatoms. The number of nitrogens with two attached hydrogens (primary N) is 1. The van der Waals surface area contributed by atoms with Gasteiger partial charge in [0.2, 0.25) is 0 Å². The van der Waals surface area contributed by atoms with E-state index in [0.29, 0.717) is 0 Å². The number of hydrogen-bond acceptors (Lipinski definition) is 1. The Morgan fingerprint density at radius 2 is 2.00 bits per heavy atom. The fourth-order valence-electron chi connectivity index (χ4n) is 0.981. The third-order valence-corrected chi connectivity index (χ3v) is 1.88. The average molecular weight is 137 g/mol. The van der Waals surface area contributed by atoms with Gasteiger partial charge >= 0.3 is 18.9 Å². The molecule has 0 saturated heterocycles. The van der Waals surface area contributed by atoms with Crippen LogP contribution in [0.1, 0.15) is 41.0 Å².